The van der Waals surface area contributed by atoms with Crippen LogP contribution >= 0.6 is 0 Å². The Bertz CT molecular complexity index is 872. The van der Waals surface area contributed by atoms with Gasteiger partial charge in [0.05, 0.1) is 4.92 Å². The highest BCUT2D eigenvalue weighted by Crippen LogP contribution is 2.36. The minimum absolute atomic E-state index is 0.127. The molecule has 0 bridgehead atoms. The van der Waals surface area contributed by atoms with Crippen LogP contribution in [0.4, 0.5) is 23.0 Å². The number of hydrogen-bond acceptors (Lipinski definition) is 9. The standard InChI is InChI=1S/C19H24N6O4/c26-25(27)17-18(20-6-9-24-7-2-1-3-8-24)21-13-22-19(17)23-14-4-5-15-16(12-14)29-11-10-28-15/h4-5,12-13H,1-3,6-11H2,(H2,20,21,22,23). The summed E-state index contributed by atoms with van der Waals surface area (Å²) in [6, 6.07) is 5.27. The van der Waals surface area contributed by atoms with Crippen molar-refractivity contribution in [3.05, 3.63) is 34.6 Å². The second kappa shape index (κ2) is 8.91. The number of nitrogens with zero attached hydrogens (tertiary/aromatic N) is 4. The first-order valence-electron chi connectivity index (χ1n) is 9.83. The molecule has 2 aromatic rings. The fourth-order valence-corrected chi connectivity index (χ4v) is 3.55. The number of benzene rings is 1. The van der Waals surface area contributed by atoms with E-state index in [0.29, 0.717) is 36.9 Å². The molecule has 154 valence electrons. The molecule has 2 aliphatic heterocycles. The first-order chi connectivity index (χ1) is 14.2. The molecule has 1 saturated heterocycles. The molecule has 2 N–H and O–H groups in total. The van der Waals surface area contributed by atoms with Gasteiger partial charge in [-0.3, -0.25) is 10.1 Å². The number of fused-ring (bicyclic) bond motifs is 1. The number of hydrogen-bond donors (Lipinski definition) is 2. The van der Waals surface area contributed by atoms with E-state index in [9.17, 15) is 10.1 Å². The summed E-state index contributed by atoms with van der Waals surface area (Å²) in [4.78, 5) is 21.8. The summed E-state index contributed by atoms with van der Waals surface area (Å²) in [5, 5.41) is 17.8. The number of anilines is 3. The highest BCUT2D eigenvalue weighted by Gasteiger charge is 2.24. The molecule has 0 aliphatic carbocycles. The second-order valence-corrected chi connectivity index (χ2v) is 6.99. The molecule has 1 fully saturated rings. The van der Waals surface area contributed by atoms with Gasteiger partial charge < -0.3 is 25.0 Å². The molecule has 0 atom stereocenters. The lowest BCUT2D eigenvalue weighted by Crippen LogP contribution is -2.33. The number of piperidine rings is 1. The molecule has 0 radical (unpaired) electrons. The highest BCUT2D eigenvalue weighted by atomic mass is 16.6. The van der Waals surface area contributed by atoms with Crippen LogP contribution in [0.15, 0.2) is 24.5 Å². The van der Waals surface area contributed by atoms with Gasteiger partial charge in [0.15, 0.2) is 11.5 Å². The van der Waals surface area contributed by atoms with Crippen molar-refractivity contribution in [1.82, 2.24) is 14.9 Å². The van der Waals surface area contributed by atoms with Crippen molar-refractivity contribution in [2.24, 2.45) is 0 Å². The quantitative estimate of drug-likeness (QED) is 0.535. The zero-order valence-corrected chi connectivity index (χ0v) is 16.1. The minimum atomic E-state index is -0.469. The van der Waals surface area contributed by atoms with Crippen molar-refractivity contribution >= 4 is 23.0 Å². The highest BCUT2D eigenvalue weighted by molar-refractivity contribution is 5.74. The molecule has 1 aromatic heterocycles. The van der Waals surface area contributed by atoms with Crippen molar-refractivity contribution in [2.45, 2.75) is 19.3 Å². The Morgan fingerprint density at radius 1 is 1.07 bits per heavy atom. The maximum absolute atomic E-state index is 11.7. The third-order valence-electron chi connectivity index (χ3n) is 4.98. The van der Waals surface area contributed by atoms with Gasteiger partial charge >= 0.3 is 5.69 Å². The predicted molar refractivity (Wildman–Crippen MR) is 108 cm³/mol. The van der Waals surface area contributed by atoms with Gasteiger partial charge in [-0.2, -0.15) is 0 Å². The first-order valence-corrected chi connectivity index (χ1v) is 9.83. The molecule has 0 unspecified atom stereocenters. The van der Waals surface area contributed by atoms with E-state index in [1.54, 1.807) is 18.2 Å². The Morgan fingerprint density at radius 2 is 1.83 bits per heavy atom. The molecule has 0 amide bonds. The van der Waals surface area contributed by atoms with E-state index in [1.165, 1.54) is 25.6 Å². The summed E-state index contributed by atoms with van der Waals surface area (Å²) >= 11 is 0. The molecule has 3 heterocycles. The van der Waals surface area contributed by atoms with E-state index in [0.717, 1.165) is 19.6 Å². The molecule has 29 heavy (non-hydrogen) atoms. The fraction of sp³-hybridized carbons (Fsp3) is 0.474. The maximum atomic E-state index is 11.7. The molecule has 10 nitrogen and oxygen atoms in total. The van der Waals surface area contributed by atoms with Crippen molar-refractivity contribution in [2.75, 3.05) is 50.0 Å². The number of rotatable bonds is 7. The van der Waals surface area contributed by atoms with Crippen LogP contribution in [0, 0.1) is 10.1 Å². The van der Waals surface area contributed by atoms with E-state index in [-0.39, 0.29) is 17.3 Å². The smallest absolute Gasteiger partial charge is 0.353 e. The molecular formula is C19H24N6O4. The van der Waals surface area contributed by atoms with Crippen molar-refractivity contribution in [3.8, 4) is 11.5 Å². The summed E-state index contributed by atoms with van der Waals surface area (Å²) < 4.78 is 11.1. The van der Waals surface area contributed by atoms with Crippen molar-refractivity contribution in [3.63, 3.8) is 0 Å². The van der Waals surface area contributed by atoms with E-state index in [1.807, 2.05) is 0 Å². The lowest BCUT2D eigenvalue weighted by Gasteiger charge is -2.26. The number of aromatic nitrogens is 2. The third kappa shape index (κ3) is 4.65. The van der Waals surface area contributed by atoms with Crippen LogP contribution in [0.2, 0.25) is 0 Å². The second-order valence-electron chi connectivity index (χ2n) is 6.99. The third-order valence-corrected chi connectivity index (χ3v) is 4.98. The minimum Gasteiger partial charge on any atom is -0.486 e. The van der Waals surface area contributed by atoms with Crippen LogP contribution in [-0.2, 0) is 0 Å². The van der Waals surface area contributed by atoms with Gasteiger partial charge in [-0.25, -0.2) is 9.97 Å². The molecular weight excluding hydrogens is 376 g/mol. The largest absolute Gasteiger partial charge is 0.486 e. The lowest BCUT2D eigenvalue weighted by molar-refractivity contribution is -0.383. The molecule has 0 spiro atoms. The number of likely N-dealkylation sites (tertiary alicyclic amines) is 1. The van der Waals surface area contributed by atoms with E-state index in [2.05, 4.69) is 25.5 Å². The van der Waals surface area contributed by atoms with Gasteiger partial charge in [-0.05, 0) is 38.1 Å². The molecule has 1 aromatic carbocycles. The summed E-state index contributed by atoms with van der Waals surface area (Å²) in [6.45, 7) is 4.53. The maximum Gasteiger partial charge on any atom is 0.353 e. The number of ether oxygens (including phenoxy) is 2. The van der Waals surface area contributed by atoms with Gasteiger partial charge in [0, 0.05) is 24.8 Å². The summed E-state index contributed by atoms with van der Waals surface area (Å²) in [5.41, 5.74) is 0.441. The molecule has 0 saturated carbocycles. The number of nitrogens with one attached hydrogen (secondary N) is 2. The lowest BCUT2D eigenvalue weighted by atomic mass is 10.1. The molecule has 2 aliphatic rings. The summed E-state index contributed by atoms with van der Waals surface area (Å²) in [6.07, 6.45) is 5.00. The van der Waals surface area contributed by atoms with Crippen LogP contribution in [0.1, 0.15) is 19.3 Å². The first kappa shape index (κ1) is 19.2. The van der Waals surface area contributed by atoms with Gasteiger partial charge in [0.2, 0.25) is 11.6 Å². The molecule has 4 rings (SSSR count). The van der Waals surface area contributed by atoms with E-state index in [4.69, 9.17) is 9.47 Å². The SMILES string of the molecule is O=[N+]([O-])c1c(NCCN2CCCCC2)ncnc1Nc1ccc2c(c1)OCCO2. The van der Waals surface area contributed by atoms with Gasteiger partial charge in [0.1, 0.15) is 19.5 Å². The Labute approximate surface area is 168 Å². The van der Waals surface area contributed by atoms with E-state index < -0.39 is 4.92 Å². The van der Waals surface area contributed by atoms with Crippen LogP contribution in [0.25, 0.3) is 0 Å². The Hall–Kier alpha value is -3.14. The van der Waals surface area contributed by atoms with Crippen LogP contribution in [-0.4, -0.2) is 59.2 Å². The van der Waals surface area contributed by atoms with Gasteiger partial charge in [-0.15, -0.1) is 0 Å². The normalized spacial score (nSPS) is 16.3. The van der Waals surface area contributed by atoms with Crippen LogP contribution in [0.5, 0.6) is 11.5 Å². The van der Waals surface area contributed by atoms with Crippen LogP contribution in [0.3, 0.4) is 0 Å². The zero-order valence-electron chi connectivity index (χ0n) is 16.1. The monoisotopic (exact) mass is 400 g/mol. The van der Waals surface area contributed by atoms with Crippen molar-refractivity contribution < 1.29 is 14.4 Å². The Balaban J connectivity index is 1.48. The average Bonchev–Trinajstić information content (AvgIpc) is 2.74. The average molecular weight is 400 g/mol. The predicted octanol–water partition coefficient (Wildman–Crippen LogP) is 2.80. The number of nitro groups is 1. The van der Waals surface area contributed by atoms with E-state index >= 15 is 0 Å². The van der Waals surface area contributed by atoms with Gasteiger partial charge in [0.25, 0.3) is 0 Å². The zero-order chi connectivity index (χ0) is 20.1. The van der Waals surface area contributed by atoms with Crippen LogP contribution < -0.4 is 20.1 Å². The van der Waals surface area contributed by atoms with Crippen molar-refractivity contribution in [1.29, 1.82) is 0 Å². The summed E-state index contributed by atoms with van der Waals surface area (Å²) in [7, 11) is 0. The fourth-order valence-electron chi connectivity index (χ4n) is 3.55. The van der Waals surface area contributed by atoms with Gasteiger partial charge in [-0.1, -0.05) is 6.42 Å². The topological polar surface area (TPSA) is 115 Å². The molecule has 10 heteroatoms. The Morgan fingerprint density at radius 3 is 2.62 bits per heavy atom. The summed E-state index contributed by atoms with van der Waals surface area (Å²) in [5.74, 6) is 1.58. The Kier molecular flexibility index (Phi) is 5.89.